The van der Waals surface area contributed by atoms with E-state index in [2.05, 4.69) is 11.0 Å². The van der Waals surface area contributed by atoms with Crippen LogP contribution < -0.4 is 20.1 Å². The fourth-order valence-electron chi connectivity index (χ4n) is 5.85. The number of pyridine rings is 1. The van der Waals surface area contributed by atoms with Gasteiger partial charge >= 0.3 is 11.7 Å². The molecule has 226 valence electrons. The molecule has 0 spiro atoms. The quantitative estimate of drug-likeness (QED) is 0.199. The number of aromatic nitrogens is 3. The molecule has 3 aromatic carbocycles. The zero-order chi connectivity index (χ0) is 30.5. The number of carbonyl (C=O) groups is 1. The summed E-state index contributed by atoms with van der Waals surface area (Å²) < 4.78 is 15.7. The van der Waals surface area contributed by atoms with Crippen LogP contribution in [0.15, 0.2) is 95.8 Å². The van der Waals surface area contributed by atoms with Gasteiger partial charge in [0, 0.05) is 37.8 Å². The van der Waals surface area contributed by atoms with E-state index in [9.17, 15) is 14.7 Å². The normalized spacial score (nSPS) is 13.7. The maximum atomic E-state index is 13.9. The highest BCUT2D eigenvalue weighted by Crippen LogP contribution is 2.31. The zero-order valence-electron chi connectivity index (χ0n) is 24.8. The number of carboxylic acids is 1. The Morgan fingerprint density at radius 3 is 2.16 bits per heavy atom. The van der Waals surface area contributed by atoms with E-state index in [1.807, 2.05) is 85.8 Å². The van der Waals surface area contributed by atoms with Crippen molar-refractivity contribution in [3.05, 3.63) is 113 Å². The minimum absolute atomic E-state index is 0.177. The minimum Gasteiger partial charge on any atom is -0.481 e. The van der Waals surface area contributed by atoms with Crippen LogP contribution in [0.1, 0.15) is 37.3 Å². The van der Waals surface area contributed by atoms with Crippen LogP contribution in [0, 0.1) is 5.92 Å². The summed E-state index contributed by atoms with van der Waals surface area (Å²) in [5, 5.41) is 9.18. The van der Waals surface area contributed by atoms with E-state index >= 15 is 0 Å². The van der Waals surface area contributed by atoms with E-state index in [1.54, 1.807) is 15.2 Å². The van der Waals surface area contributed by atoms with Gasteiger partial charge < -0.3 is 19.5 Å². The fourth-order valence-corrected chi connectivity index (χ4v) is 5.85. The van der Waals surface area contributed by atoms with Gasteiger partial charge in [0.1, 0.15) is 18.9 Å². The number of ether oxygens (including phenoxy) is 2. The summed E-state index contributed by atoms with van der Waals surface area (Å²) in [7, 11) is 0. The van der Waals surface area contributed by atoms with E-state index in [0.717, 1.165) is 53.8 Å². The molecule has 0 aliphatic carbocycles. The van der Waals surface area contributed by atoms with Crippen molar-refractivity contribution in [1.82, 2.24) is 14.1 Å². The first-order valence-corrected chi connectivity index (χ1v) is 15.1. The van der Waals surface area contributed by atoms with E-state index in [1.165, 1.54) is 0 Å². The number of carboxylic acid groups (broad SMARTS) is 1. The average Bonchev–Trinajstić information content (AvgIpc) is 3.33. The predicted octanol–water partition coefficient (Wildman–Crippen LogP) is 6.06. The molecule has 1 aliphatic heterocycles. The van der Waals surface area contributed by atoms with Gasteiger partial charge in [0.05, 0.1) is 11.0 Å². The molecule has 2 aromatic heterocycles. The van der Waals surface area contributed by atoms with Crippen molar-refractivity contribution in [3.8, 4) is 17.4 Å². The Labute approximate surface area is 255 Å². The molecule has 0 saturated carbocycles. The molecule has 1 N–H and O–H groups in total. The second-order valence-electron chi connectivity index (χ2n) is 11.1. The third kappa shape index (κ3) is 6.32. The Bertz CT molecular complexity index is 1790. The second kappa shape index (κ2) is 13.1. The summed E-state index contributed by atoms with van der Waals surface area (Å²) in [4.78, 5) is 32.1. The lowest BCUT2D eigenvalue weighted by Crippen LogP contribution is -2.34. The highest BCUT2D eigenvalue weighted by molar-refractivity contribution is 5.82. The van der Waals surface area contributed by atoms with Crippen LogP contribution in [0.5, 0.6) is 11.8 Å². The molecule has 0 amide bonds. The molecule has 0 atom stereocenters. The standard InChI is InChI=1S/C35H36N4O5/c1-2-38-31-22-28(37-19-17-25(18-20-37)21-33(40)41)13-14-29(31)39(35(38)42)30-15-16-32(43-23-26-9-5-3-6-10-26)36-34(30)44-24-27-11-7-4-8-12-27/h3-16,22,25H,2,17-21,23-24H2,1H3,(H,40,41). The summed E-state index contributed by atoms with van der Waals surface area (Å²) in [6.45, 7) is 4.67. The van der Waals surface area contributed by atoms with Crippen molar-refractivity contribution in [2.75, 3.05) is 18.0 Å². The molecule has 0 bridgehead atoms. The van der Waals surface area contributed by atoms with Gasteiger partial charge in [0.25, 0.3) is 0 Å². The third-order valence-corrected chi connectivity index (χ3v) is 8.18. The van der Waals surface area contributed by atoms with Crippen LogP contribution in [0.4, 0.5) is 5.69 Å². The molecule has 5 aromatic rings. The van der Waals surface area contributed by atoms with Gasteiger partial charge in [-0.2, -0.15) is 4.98 Å². The average molecular weight is 593 g/mol. The largest absolute Gasteiger partial charge is 0.481 e. The van der Waals surface area contributed by atoms with Gasteiger partial charge in [-0.3, -0.25) is 13.9 Å². The van der Waals surface area contributed by atoms with Crippen LogP contribution >= 0.6 is 0 Å². The Hall–Kier alpha value is -5.05. The number of anilines is 1. The van der Waals surface area contributed by atoms with Gasteiger partial charge in [-0.1, -0.05) is 60.7 Å². The highest BCUT2D eigenvalue weighted by atomic mass is 16.5. The molecule has 0 radical (unpaired) electrons. The maximum absolute atomic E-state index is 13.9. The molecule has 1 saturated heterocycles. The number of piperidine rings is 1. The van der Waals surface area contributed by atoms with E-state index in [4.69, 9.17) is 14.5 Å². The first-order chi connectivity index (χ1) is 21.5. The topological polar surface area (TPSA) is 98.8 Å². The van der Waals surface area contributed by atoms with Crippen molar-refractivity contribution in [1.29, 1.82) is 0 Å². The summed E-state index contributed by atoms with van der Waals surface area (Å²) in [6, 6.07) is 29.4. The van der Waals surface area contributed by atoms with E-state index in [0.29, 0.717) is 30.6 Å². The van der Waals surface area contributed by atoms with Crippen LogP contribution in [0.2, 0.25) is 0 Å². The lowest BCUT2D eigenvalue weighted by Gasteiger charge is -2.33. The SMILES string of the molecule is CCn1c(=O)n(-c2ccc(OCc3ccccc3)nc2OCc2ccccc2)c2ccc(N3CCC(CC(=O)O)CC3)cc21. The van der Waals surface area contributed by atoms with Gasteiger partial charge in [0.15, 0.2) is 0 Å². The van der Waals surface area contributed by atoms with Crippen molar-refractivity contribution >= 4 is 22.7 Å². The molecule has 1 fully saturated rings. The number of nitrogens with zero attached hydrogens (tertiary/aromatic N) is 4. The highest BCUT2D eigenvalue weighted by Gasteiger charge is 2.24. The van der Waals surface area contributed by atoms with Crippen LogP contribution in [-0.2, 0) is 24.6 Å². The molecule has 9 nitrogen and oxygen atoms in total. The summed E-state index contributed by atoms with van der Waals surface area (Å²) in [5.41, 5.74) is 4.97. The molecule has 0 unspecified atom stereocenters. The third-order valence-electron chi connectivity index (χ3n) is 8.18. The number of hydrogen-bond donors (Lipinski definition) is 1. The van der Waals surface area contributed by atoms with Gasteiger partial charge in [-0.15, -0.1) is 0 Å². The second-order valence-corrected chi connectivity index (χ2v) is 11.1. The number of aliphatic carboxylic acids is 1. The monoisotopic (exact) mass is 592 g/mol. The van der Waals surface area contributed by atoms with E-state index in [-0.39, 0.29) is 24.6 Å². The van der Waals surface area contributed by atoms with Crippen molar-refractivity contribution < 1.29 is 19.4 Å². The van der Waals surface area contributed by atoms with Crippen LogP contribution in [-0.4, -0.2) is 38.3 Å². The smallest absolute Gasteiger partial charge is 0.333 e. The first kappa shape index (κ1) is 29.0. The lowest BCUT2D eigenvalue weighted by molar-refractivity contribution is -0.138. The minimum atomic E-state index is -0.740. The van der Waals surface area contributed by atoms with Crippen molar-refractivity contribution in [2.45, 2.75) is 45.9 Å². The molecule has 3 heterocycles. The van der Waals surface area contributed by atoms with Crippen molar-refractivity contribution in [2.24, 2.45) is 5.92 Å². The maximum Gasteiger partial charge on any atom is 0.333 e. The number of imidazole rings is 1. The molecule has 44 heavy (non-hydrogen) atoms. The first-order valence-electron chi connectivity index (χ1n) is 15.1. The van der Waals surface area contributed by atoms with Crippen molar-refractivity contribution in [3.63, 3.8) is 0 Å². The molecular weight excluding hydrogens is 556 g/mol. The number of benzene rings is 3. The van der Waals surface area contributed by atoms with Gasteiger partial charge in [0.2, 0.25) is 11.8 Å². The molecular formula is C35H36N4O5. The summed E-state index contributed by atoms with van der Waals surface area (Å²) >= 11 is 0. The Balaban J connectivity index is 1.34. The fraction of sp³-hybridized carbons (Fsp3) is 0.286. The summed E-state index contributed by atoms with van der Waals surface area (Å²) in [5.74, 6) is 0.169. The van der Waals surface area contributed by atoms with E-state index < -0.39 is 5.97 Å². The predicted molar refractivity (Wildman–Crippen MR) is 170 cm³/mol. The van der Waals surface area contributed by atoms with Crippen LogP contribution in [0.3, 0.4) is 0 Å². The number of hydrogen-bond acceptors (Lipinski definition) is 6. The van der Waals surface area contributed by atoms with Crippen LogP contribution in [0.25, 0.3) is 16.7 Å². The Kier molecular flexibility index (Phi) is 8.63. The van der Waals surface area contributed by atoms with Gasteiger partial charge in [-0.05, 0) is 61.1 Å². The zero-order valence-corrected chi connectivity index (χ0v) is 24.8. The number of fused-ring (bicyclic) bond motifs is 1. The number of aryl methyl sites for hydroxylation is 1. The van der Waals surface area contributed by atoms with Gasteiger partial charge in [-0.25, -0.2) is 4.79 Å². The summed E-state index contributed by atoms with van der Waals surface area (Å²) in [6.07, 6.45) is 1.88. The molecule has 6 rings (SSSR count). The lowest BCUT2D eigenvalue weighted by atomic mass is 9.93. The molecule has 9 heteroatoms. The Morgan fingerprint density at radius 2 is 1.52 bits per heavy atom. The molecule has 1 aliphatic rings. The number of rotatable bonds is 11. The Morgan fingerprint density at radius 1 is 0.864 bits per heavy atom.